The summed E-state index contributed by atoms with van der Waals surface area (Å²) >= 11 is 0. The number of aromatic nitrogens is 3. The molecule has 7 nitrogen and oxygen atoms in total. The largest absolute Gasteiger partial charge is 0.494 e. The van der Waals surface area contributed by atoms with Crippen molar-refractivity contribution in [2.45, 2.75) is 46.2 Å². The number of amides is 2. The molecular weight excluding hydrogens is 452 g/mol. The second kappa shape index (κ2) is 10.2. The third-order valence-electron chi connectivity index (χ3n) is 6.62. The first-order valence-corrected chi connectivity index (χ1v) is 12.4. The summed E-state index contributed by atoms with van der Waals surface area (Å²) in [4.78, 5) is 30.1. The van der Waals surface area contributed by atoms with Gasteiger partial charge in [-0.25, -0.2) is 4.98 Å². The molecule has 0 spiro atoms. The second-order valence-corrected chi connectivity index (χ2v) is 9.09. The smallest absolute Gasteiger partial charge is 0.259 e. The van der Waals surface area contributed by atoms with Gasteiger partial charge in [0.2, 0.25) is 0 Å². The highest BCUT2D eigenvalue weighted by Gasteiger charge is 2.33. The molecule has 0 radical (unpaired) electrons. The topological polar surface area (TPSA) is 78.2 Å². The molecule has 0 bridgehead atoms. The molecule has 2 aromatic heterocycles. The standard InChI is InChI=1S/C29H30N4O3/c1-3-4-16-36-22-12-10-21(11-13-22)26-27(29(35)31-28(26)34)24-18-32(25-9-6-5-8-23(24)25)14-7-15-33-19-30-17-20(33)2/h5-6,8-13,17-19H,3-4,7,14-16H2,1-2H3,(H,31,34,35). The fraction of sp³-hybridized carbons (Fsp3) is 0.276. The quantitative estimate of drug-likeness (QED) is 0.255. The fourth-order valence-electron chi connectivity index (χ4n) is 4.70. The summed E-state index contributed by atoms with van der Waals surface area (Å²) in [5.74, 6) is 0.0149. The van der Waals surface area contributed by atoms with E-state index in [1.807, 2.05) is 68.1 Å². The van der Waals surface area contributed by atoms with Gasteiger partial charge in [-0.3, -0.25) is 14.9 Å². The number of nitrogens with zero attached hydrogens (tertiary/aromatic N) is 3. The zero-order valence-electron chi connectivity index (χ0n) is 20.7. The molecule has 0 aliphatic carbocycles. The van der Waals surface area contributed by atoms with Crippen molar-refractivity contribution in [3.8, 4) is 5.75 Å². The Bertz CT molecular complexity index is 1440. The third kappa shape index (κ3) is 4.56. The van der Waals surface area contributed by atoms with Crippen LogP contribution >= 0.6 is 0 Å². The van der Waals surface area contributed by atoms with Gasteiger partial charge in [-0.05, 0) is 43.5 Å². The van der Waals surface area contributed by atoms with Crippen LogP contribution in [0, 0.1) is 6.92 Å². The molecule has 3 heterocycles. The van der Waals surface area contributed by atoms with E-state index in [0.717, 1.165) is 60.3 Å². The molecule has 0 atom stereocenters. The molecule has 1 aliphatic rings. The number of imidazole rings is 1. The van der Waals surface area contributed by atoms with Gasteiger partial charge in [-0.1, -0.05) is 43.7 Å². The van der Waals surface area contributed by atoms with E-state index in [1.54, 1.807) is 0 Å². The van der Waals surface area contributed by atoms with Crippen LogP contribution in [0.15, 0.2) is 67.3 Å². The van der Waals surface area contributed by atoms with Crippen molar-refractivity contribution >= 4 is 33.9 Å². The van der Waals surface area contributed by atoms with Crippen molar-refractivity contribution in [3.63, 3.8) is 0 Å². The molecular formula is C29H30N4O3. The molecule has 0 fully saturated rings. The molecule has 0 unspecified atom stereocenters. The lowest BCUT2D eigenvalue weighted by Crippen LogP contribution is -2.22. The lowest BCUT2D eigenvalue weighted by molar-refractivity contribution is -0.122. The third-order valence-corrected chi connectivity index (χ3v) is 6.62. The van der Waals surface area contributed by atoms with Gasteiger partial charge in [0.05, 0.1) is 24.1 Å². The van der Waals surface area contributed by atoms with Gasteiger partial charge in [0.25, 0.3) is 11.8 Å². The van der Waals surface area contributed by atoms with Crippen molar-refractivity contribution in [2.75, 3.05) is 6.61 Å². The lowest BCUT2D eigenvalue weighted by Gasteiger charge is -2.08. The van der Waals surface area contributed by atoms with Gasteiger partial charge >= 0.3 is 0 Å². The Kier molecular flexibility index (Phi) is 6.71. The maximum absolute atomic E-state index is 13.0. The highest BCUT2D eigenvalue weighted by atomic mass is 16.5. The van der Waals surface area contributed by atoms with Crippen molar-refractivity contribution in [3.05, 3.63) is 84.1 Å². The molecule has 1 aliphatic heterocycles. The molecule has 36 heavy (non-hydrogen) atoms. The number of unbranched alkanes of at least 4 members (excludes halogenated alkanes) is 1. The van der Waals surface area contributed by atoms with Crippen molar-refractivity contribution in [1.82, 2.24) is 19.4 Å². The Morgan fingerprint density at radius 2 is 1.67 bits per heavy atom. The van der Waals surface area contributed by atoms with Crippen LogP contribution in [-0.2, 0) is 22.7 Å². The van der Waals surface area contributed by atoms with Crippen LogP contribution in [-0.4, -0.2) is 32.5 Å². The summed E-state index contributed by atoms with van der Waals surface area (Å²) in [5.41, 5.74) is 4.45. The van der Waals surface area contributed by atoms with E-state index in [1.165, 1.54) is 0 Å². The SMILES string of the molecule is CCCCOc1ccc(C2=C(c3cn(CCCn4cncc4C)c4ccccc34)C(=O)NC2=O)cc1. The number of benzene rings is 2. The van der Waals surface area contributed by atoms with Gasteiger partial charge in [-0.2, -0.15) is 0 Å². The maximum Gasteiger partial charge on any atom is 0.259 e. The van der Waals surface area contributed by atoms with E-state index < -0.39 is 0 Å². The van der Waals surface area contributed by atoms with E-state index in [-0.39, 0.29) is 11.8 Å². The van der Waals surface area contributed by atoms with Crippen LogP contribution in [0.3, 0.4) is 0 Å². The minimum absolute atomic E-state index is 0.366. The molecule has 0 saturated carbocycles. The van der Waals surface area contributed by atoms with E-state index in [2.05, 4.69) is 32.4 Å². The van der Waals surface area contributed by atoms with Crippen LogP contribution in [0.5, 0.6) is 5.75 Å². The van der Waals surface area contributed by atoms with Crippen molar-refractivity contribution in [2.24, 2.45) is 0 Å². The van der Waals surface area contributed by atoms with Gasteiger partial charge in [0.15, 0.2) is 0 Å². The van der Waals surface area contributed by atoms with Crippen LogP contribution in [0.25, 0.3) is 22.0 Å². The fourth-order valence-corrected chi connectivity index (χ4v) is 4.70. The first kappa shape index (κ1) is 23.6. The first-order valence-electron chi connectivity index (χ1n) is 12.4. The molecule has 5 rings (SSSR count). The zero-order valence-corrected chi connectivity index (χ0v) is 20.7. The van der Waals surface area contributed by atoms with Gasteiger partial charge in [0.1, 0.15) is 5.75 Å². The minimum atomic E-state index is -0.373. The molecule has 1 N–H and O–H groups in total. The summed E-state index contributed by atoms with van der Waals surface area (Å²) in [6.07, 6.45) is 8.66. The van der Waals surface area contributed by atoms with Gasteiger partial charge in [0, 0.05) is 47.6 Å². The number of para-hydroxylation sites is 1. The number of ether oxygens (including phenoxy) is 1. The van der Waals surface area contributed by atoms with Gasteiger partial charge < -0.3 is 13.9 Å². The van der Waals surface area contributed by atoms with E-state index in [9.17, 15) is 9.59 Å². The number of imide groups is 1. The van der Waals surface area contributed by atoms with E-state index >= 15 is 0 Å². The van der Waals surface area contributed by atoms with E-state index in [4.69, 9.17) is 4.74 Å². The Morgan fingerprint density at radius 3 is 2.42 bits per heavy atom. The zero-order chi connectivity index (χ0) is 25.1. The molecule has 2 aromatic carbocycles. The minimum Gasteiger partial charge on any atom is -0.494 e. The average molecular weight is 483 g/mol. The van der Waals surface area contributed by atoms with Crippen LogP contribution in [0.4, 0.5) is 0 Å². The van der Waals surface area contributed by atoms with Crippen molar-refractivity contribution in [1.29, 1.82) is 0 Å². The molecule has 4 aromatic rings. The van der Waals surface area contributed by atoms with Crippen molar-refractivity contribution < 1.29 is 14.3 Å². The molecule has 2 amide bonds. The monoisotopic (exact) mass is 482 g/mol. The highest BCUT2D eigenvalue weighted by Crippen LogP contribution is 2.36. The lowest BCUT2D eigenvalue weighted by atomic mass is 9.96. The summed E-state index contributed by atoms with van der Waals surface area (Å²) < 4.78 is 10.1. The number of hydrogen-bond acceptors (Lipinski definition) is 4. The number of aryl methyl sites for hydroxylation is 3. The maximum atomic E-state index is 13.0. The van der Waals surface area contributed by atoms with Crippen LogP contribution in [0.2, 0.25) is 0 Å². The predicted octanol–water partition coefficient (Wildman–Crippen LogP) is 4.98. The summed E-state index contributed by atoms with van der Waals surface area (Å²) in [6.45, 7) is 6.45. The number of hydrogen-bond donors (Lipinski definition) is 1. The van der Waals surface area contributed by atoms with E-state index in [0.29, 0.717) is 23.3 Å². The Balaban J connectivity index is 1.49. The number of carbonyl (C=O) groups excluding carboxylic acids is 2. The summed E-state index contributed by atoms with van der Waals surface area (Å²) in [5, 5.41) is 3.46. The van der Waals surface area contributed by atoms with Crippen LogP contribution in [0.1, 0.15) is 43.0 Å². The average Bonchev–Trinajstić information content (AvgIpc) is 3.54. The number of fused-ring (bicyclic) bond motifs is 1. The predicted molar refractivity (Wildman–Crippen MR) is 140 cm³/mol. The Morgan fingerprint density at radius 1 is 0.917 bits per heavy atom. The Hall–Kier alpha value is -4.13. The molecule has 7 heteroatoms. The number of rotatable bonds is 10. The second-order valence-electron chi connectivity index (χ2n) is 9.09. The summed E-state index contributed by atoms with van der Waals surface area (Å²) in [6, 6.07) is 15.4. The summed E-state index contributed by atoms with van der Waals surface area (Å²) in [7, 11) is 0. The number of nitrogens with one attached hydrogen (secondary N) is 1. The number of carbonyl (C=O) groups is 2. The Labute approximate surface area is 210 Å². The molecule has 184 valence electrons. The van der Waals surface area contributed by atoms with Gasteiger partial charge in [-0.15, -0.1) is 0 Å². The first-order chi connectivity index (χ1) is 17.6. The molecule has 0 saturated heterocycles. The van der Waals surface area contributed by atoms with Crippen LogP contribution < -0.4 is 10.1 Å². The highest BCUT2D eigenvalue weighted by molar-refractivity contribution is 6.50. The normalized spacial score (nSPS) is 13.6.